The van der Waals surface area contributed by atoms with Crippen molar-refractivity contribution in [1.82, 2.24) is 10.1 Å². The number of hydrogen-bond donors (Lipinski definition) is 1. The maximum absolute atomic E-state index is 11.0. The van der Waals surface area contributed by atoms with E-state index < -0.39 is 5.97 Å². The van der Waals surface area contributed by atoms with Crippen molar-refractivity contribution < 1.29 is 14.4 Å². The third-order valence-corrected chi connectivity index (χ3v) is 3.07. The van der Waals surface area contributed by atoms with Crippen LogP contribution < -0.4 is 0 Å². The molecule has 3 aromatic rings. The van der Waals surface area contributed by atoms with Gasteiger partial charge in [0.1, 0.15) is 0 Å². The largest absolute Gasteiger partial charge is 0.478 e. The molecule has 0 spiro atoms. The van der Waals surface area contributed by atoms with Gasteiger partial charge in [-0.1, -0.05) is 34.5 Å². The first-order valence-electron chi connectivity index (χ1n) is 6.50. The van der Waals surface area contributed by atoms with Crippen LogP contribution in [0.3, 0.4) is 0 Å². The molecule has 0 fully saturated rings. The summed E-state index contributed by atoms with van der Waals surface area (Å²) in [4.78, 5) is 18.0. The summed E-state index contributed by atoms with van der Waals surface area (Å²) in [5.41, 5.74) is 10.2. The van der Waals surface area contributed by atoms with Crippen LogP contribution in [-0.4, -0.2) is 21.2 Å². The molecule has 1 aromatic heterocycles. The van der Waals surface area contributed by atoms with Crippen molar-refractivity contribution in [3.05, 3.63) is 64.5 Å². The van der Waals surface area contributed by atoms with Crippen LogP contribution in [0.5, 0.6) is 0 Å². The van der Waals surface area contributed by atoms with Crippen molar-refractivity contribution in [3.63, 3.8) is 0 Å². The molecule has 0 saturated carbocycles. The minimum absolute atomic E-state index is 0.146. The van der Waals surface area contributed by atoms with E-state index in [1.807, 2.05) is 0 Å². The van der Waals surface area contributed by atoms with Crippen LogP contribution in [0.2, 0.25) is 0 Å². The van der Waals surface area contributed by atoms with Gasteiger partial charge in [0.15, 0.2) is 0 Å². The molecule has 0 atom stereocenters. The van der Waals surface area contributed by atoms with E-state index in [1.54, 1.807) is 36.4 Å². The fraction of sp³-hybridized carbons (Fsp3) is 0. The molecule has 1 N–H and O–H groups in total. The molecule has 0 aliphatic heterocycles. The van der Waals surface area contributed by atoms with E-state index in [0.717, 1.165) is 0 Å². The zero-order valence-corrected chi connectivity index (χ0v) is 11.6. The molecule has 0 aliphatic rings. The molecule has 23 heavy (non-hydrogen) atoms. The molecule has 1 heterocycles. The van der Waals surface area contributed by atoms with Gasteiger partial charge in [0.25, 0.3) is 5.89 Å². The third kappa shape index (κ3) is 3.02. The molecule has 8 nitrogen and oxygen atoms in total. The molecule has 2 aromatic carbocycles. The Morgan fingerprint density at radius 1 is 1.17 bits per heavy atom. The van der Waals surface area contributed by atoms with E-state index in [1.165, 1.54) is 12.1 Å². The maximum Gasteiger partial charge on any atom is 0.335 e. The third-order valence-electron chi connectivity index (χ3n) is 3.07. The summed E-state index contributed by atoms with van der Waals surface area (Å²) in [6.07, 6.45) is 0. The van der Waals surface area contributed by atoms with Crippen LogP contribution in [0.25, 0.3) is 33.3 Å². The molecule has 0 unspecified atom stereocenters. The second-order valence-corrected chi connectivity index (χ2v) is 4.55. The predicted octanol–water partition coefficient (Wildman–Crippen LogP) is 4.04. The van der Waals surface area contributed by atoms with Gasteiger partial charge in [-0.2, -0.15) is 4.98 Å². The van der Waals surface area contributed by atoms with Crippen LogP contribution in [0.15, 0.2) is 58.2 Å². The highest BCUT2D eigenvalue weighted by Crippen LogP contribution is 2.24. The van der Waals surface area contributed by atoms with Crippen LogP contribution in [0, 0.1) is 0 Å². The van der Waals surface area contributed by atoms with Crippen molar-refractivity contribution in [3.8, 4) is 22.8 Å². The lowest BCUT2D eigenvalue weighted by atomic mass is 10.1. The Kier molecular flexibility index (Phi) is 3.73. The van der Waals surface area contributed by atoms with Crippen molar-refractivity contribution in [2.24, 2.45) is 5.11 Å². The van der Waals surface area contributed by atoms with E-state index in [0.29, 0.717) is 22.6 Å². The van der Waals surface area contributed by atoms with Gasteiger partial charge in [-0.05, 0) is 29.8 Å². The van der Waals surface area contributed by atoms with Crippen molar-refractivity contribution in [1.29, 1.82) is 0 Å². The fourth-order valence-corrected chi connectivity index (χ4v) is 1.97. The van der Waals surface area contributed by atoms with E-state index in [4.69, 9.17) is 15.2 Å². The summed E-state index contributed by atoms with van der Waals surface area (Å²) in [6, 6.07) is 12.9. The maximum atomic E-state index is 11.0. The number of nitrogens with zero attached hydrogens (tertiary/aromatic N) is 5. The lowest BCUT2D eigenvalue weighted by molar-refractivity contribution is 0.0697. The van der Waals surface area contributed by atoms with Crippen molar-refractivity contribution in [2.75, 3.05) is 0 Å². The topological polar surface area (TPSA) is 125 Å². The molecule has 8 heteroatoms. The lowest BCUT2D eigenvalue weighted by Gasteiger charge is -1.97. The Morgan fingerprint density at radius 2 is 1.96 bits per heavy atom. The Hall–Kier alpha value is -3.64. The van der Waals surface area contributed by atoms with E-state index in [2.05, 4.69) is 20.2 Å². The second-order valence-electron chi connectivity index (χ2n) is 4.55. The number of benzene rings is 2. The fourth-order valence-electron chi connectivity index (χ4n) is 1.97. The second kappa shape index (κ2) is 6.00. The molecule has 0 bridgehead atoms. The minimum Gasteiger partial charge on any atom is -0.478 e. The lowest BCUT2D eigenvalue weighted by Crippen LogP contribution is -1.96. The molecule has 0 amide bonds. The van der Waals surface area contributed by atoms with Crippen molar-refractivity contribution in [2.45, 2.75) is 0 Å². The average Bonchev–Trinajstić information content (AvgIpc) is 3.06. The molecule has 0 saturated heterocycles. The van der Waals surface area contributed by atoms with Crippen LogP contribution in [0.4, 0.5) is 5.69 Å². The van der Waals surface area contributed by atoms with Crippen molar-refractivity contribution >= 4 is 11.7 Å². The van der Waals surface area contributed by atoms with E-state index in [-0.39, 0.29) is 11.5 Å². The highest BCUT2D eigenvalue weighted by molar-refractivity contribution is 5.89. The van der Waals surface area contributed by atoms with E-state index >= 15 is 0 Å². The first kappa shape index (κ1) is 14.3. The average molecular weight is 307 g/mol. The first-order chi connectivity index (χ1) is 11.2. The normalized spacial score (nSPS) is 10.1. The zero-order chi connectivity index (χ0) is 16.2. The molecular weight excluding hydrogens is 298 g/mol. The Balaban J connectivity index is 1.92. The molecule has 0 radical (unpaired) electrons. The number of azide groups is 1. The van der Waals surface area contributed by atoms with Crippen LogP contribution in [-0.2, 0) is 0 Å². The number of carboxylic acids is 1. The molecule has 3 rings (SSSR count). The molecule has 0 aliphatic carbocycles. The van der Waals surface area contributed by atoms with Gasteiger partial charge in [-0.3, -0.25) is 0 Å². The number of hydrogen-bond acceptors (Lipinski definition) is 5. The summed E-state index contributed by atoms with van der Waals surface area (Å²) < 4.78 is 5.19. The first-order valence-corrected chi connectivity index (χ1v) is 6.50. The summed E-state index contributed by atoms with van der Waals surface area (Å²) in [5.74, 6) is -0.445. The Morgan fingerprint density at radius 3 is 2.65 bits per heavy atom. The summed E-state index contributed by atoms with van der Waals surface area (Å²) >= 11 is 0. The SMILES string of the molecule is [N-]=[N+]=Nc1ccc(-c2nc(-c3cccc(C(=O)O)c3)no2)cc1. The van der Waals surface area contributed by atoms with Gasteiger partial charge >= 0.3 is 5.97 Å². The van der Waals surface area contributed by atoms with Crippen LogP contribution >= 0.6 is 0 Å². The van der Waals surface area contributed by atoms with Gasteiger partial charge in [-0.25, -0.2) is 4.79 Å². The monoisotopic (exact) mass is 307 g/mol. The standard InChI is InChI=1S/C15H9N5O3/c16-20-18-12-6-4-9(5-7-12)14-17-13(19-23-14)10-2-1-3-11(8-10)15(21)22/h1-8H,(H,21,22). The molecule has 112 valence electrons. The van der Waals surface area contributed by atoms with Gasteiger partial charge in [-0.15, -0.1) is 0 Å². The summed E-state index contributed by atoms with van der Waals surface area (Å²) in [7, 11) is 0. The van der Waals surface area contributed by atoms with Gasteiger partial charge < -0.3 is 9.63 Å². The number of rotatable bonds is 4. The Labute approximate surface area is 129 Å². The minimum atomic E-state index is -1.02. The number of carbonyl (C=O) groups is 1. The number of carboxylic acid groups (broad SMARTS) is 1. The molecular formula is C15H9N5O3. The summed E-state index contributed by atoms with van der Waals surface area (Å²) in [5, 5.41) is 16.4. The van der Waals surface area contributed by atoms with Gasteiger partial charge in [0.2, 0.25) is 5.82 Å². The summed E-state index contributed by atoms with van der Waals surface area (Å²) in [6.45, 7) is 0. The highest BCUT2D eigenvalue weighted by atomic mass is 16.5. The Bertz CT molecular complexity index is 911. The highest BCUT2D eigenvalue weighted by Gasteiger charge is 2.12. The van der Waals surface area contributed by atoms with Crippen LogP contribution in [0.1, 0.15) is 10.4 Å². The zero-order valence-electron chi connectivity index (χ0n) is 11.6. The number of aromatic carboxylic acids is 1. The van der Waals surface area contributed by atoms with E-state index in [9.17, 15) is 4.79 Å². The quantitative estimate of drug-likeness (QED) is 0.442. The predicted molar refractivity (Wildman–Crippen MR) is 80.9 cm³/mol. The smallest absolute Gasteiger partial charge is 0.335 e. The van der Waals surface area contributed by atoms with Gasteiger partial charge in [0.05, 0.1) is 5.56 Å². The number of aromatic nitrogens is 2. The van der Waals surface area contributed by atoms with Gasteiger partial charge in [0, 0.05) is 21.7 Å².